The number of ketones is 1. The molecule has 1 fully saturated rings. The lowest BCUT2D eigenvalue weighted by Gasteiger charge is -2.42. The second-order valence-corrected chi connectivity index (χ2v) is 9.88. The number of likely N-dealkylation sites (N-methyl/N-ethyl adjacent to an activating group) is 1. The standard InChI is InChI=1S/C25H27ClFN5O5/c1-3-30-11-13(2)32-20-18(22(33)21(32)25(30)36)24(35)31-12-14-9-15(26)16(27)10-17(14)37-8-6-4-5-7-28-23(34)19(20)29-31/h9-10,13,21H,3-8,11-12H2,1-2H3,(H,28,34)/t13-,21?/m0/s1. The van der Waals surface area contributed by atoms with Crippen LogP contribution in [0.4, 0.5) is 10.1 Å². The highest BCUT2D eigenvalue weighted by Gasteiger charge is 2.52. The van der Waals surface area contributed by atoms with E-state index in [9.17, 15) is 23.6 Å². The van der Waals surface area contributed by atoms with Gasteiger partial charge in [-0.3, -0.25) is 19.2 Å². The Morgan fingerprint density at radius 3 is 2.73 bits per heavy atom. The van der Waals surface area contributed by atoms with E-state index in [-0.39, 0.29) is 40.3 Å². The molecule has 0 aliphatic carbocycles. The minimum atomic E-state index is -1.23. The molecule has 1 aromatic heterocycles. The zero-order valence-corrected chi connectivity index (χ0v) is 21.3. The molecule has 12 heteroatoms. The van der Waals surface area contributed by atoms with Crippen LogP contribution in [0.1, 0.15) is 59.5 Å². The summed E-state index contributed by atoms with van der Waals surface area (Å²) in [5, 5.41) is 7.03. The number of hydrogen-bond donors (Lipinski definition) is 1. The molecule has 196 valence electrons. The number of hydrogen-bond acceptors (Lipinski definition) is 7. The first-order valence-electron chi connectivity index (χ1n) is 12.4. The van der Waals surface area contributed by atoms with E-state index in [1.165, 1.54) is 6.07 Å². The predicted octanol–water partition coefficient (Wildman–Crippen LogP) is 2.00. The lowest BCUT2D eigenvalue weighted by atomic mass is 10.0. The van der Waals surface area contributed by atoms with Crippen molar-refractivity contribution in [3.8, 4) is 5.75 Å². The van der Waals surface area contributed by atoms with Crippen LogP contribution in [0.25, 0.3) is 0 Å². The number of benzene rings is 1. The van der Waals surface area contributed by atoms with E-state index < -0.39 is 35.0 Å². The zero-order valence-electron chi connectivity index (χ0n) is 20.6. The molecule has 1 unspecified atom stereocenters. The fourth-order valence-corrected chi connectivity index (χ4v) is 5.40. The van der Waals surface area contributed by atoms with Crippen LogP contribution in [-0.4, -0.2) is 70.6 Å². The highest BCUT2D eigenvalue weighted by atomic mass is 35.5. The summed E-state index contributed by atoms with van der Waals surface area (Å²) in [5.74, 6) is -2.08. The third kappa shape index (κ3) is 4.24. The number of nitrogens with one attached hydrogen (secondary N) is 1. The summed E-state index contributed by atoms with van der Waals surface area (Å²) >= 11 is 6.02. The van der Waals surface area contributed by atoms with Crippen molar-refractivity contribution in [2.24, 2.45) is 0 Å². The van der Waals surface area contributed by atoms with E-state index in [1.807, 2.05) is 13.8 Å². The van der Waals surface area contributed by atoms with Crippen molar-refractivity contribution in [1.29, 1.82) is 0 Å². The number of aromatic nitrogens is 2. The molecule has 0 radical (unpaired) electrons. The molecule has 3 aliphatic heterocycles. The summed E-state index contributed by atoms with van der Waals surface area (Å²) in [6.07, 6.45) is 2.09. The van der Waals surface area contributed by atoms with Gasteiger partial charge in [-0.1, -0.05) is 11.6 Å². The van der Waals surface area contributed by atoms with Crippen LogP contribution in [-0.2, 0) is 11.3 Å². The fraction of sp³-hybridized carbons (Fsp3) is 0.480. The van der Waals surface area contributed by atoms with E-state index in [0.29, 0.717) is 44.6 Å². The number of halogens is 2. The second-order valence-electron chi connectivity index (χ2n) is 9.47. The Morgan fingerprint density at radius 1 is 1.19 bits per heavy atom. The van der Waals surface area contributed by atoms with Gasteiger partial charge in [-0.2, -0.15) is 5.10 Å². The Bertz CT molecular complexity index is 1360. The van der Waals surface area contributed by atoms with Gasteiger partial charge in [-0.05, 0) is 39.2 Å². The smallest absolute Gasteiger partial charge is 0.280 e. The van der Waals surface area contributed by atoms with Crippen LogP contribution in [0, 0.1) is 5.82 Å². The van der Waals surface area contributed by atoms with Gasteiger partial charge in [0.1, 0.15) is 17.1 Å². The molecule has 3 aliphatic rings. The minimum absolute atomic E-state index is 0.0889. The van der Waals surface area contributed by atoms with Crippen LogP contribution in [0.3, 0.4) is 0 Å². The normalized spacial score (nSPS) is 22.0. The molecule has 2 bridgehead atoms. The number of nitrogens with zero attached hydrogens (tertiary/aromatic N) is 4. The fourth-order valence-electron chi connectivity index (χ4n) is 5.21. The average molecular weight is 532 g/mol. The Morgan fingerprint density at radius 2 is 1.97 bits per heavy atom. The van der Waals surface area contributed by atoms with Crippen molar-refractivity contribution in [3.63, 3.8) is 0 Å². The summed E-state index contributed by atoms with van der Waals surface area (Å²) in [5.41, 5.74) is -0.637. The van der Waals surface area contributed by atoms with Crippen LogP contribution in [0.2, 0.25) is 5.02 Å². The molecule has 1 saturated heterocycles. The molecule has 1 aromatic carbocycles. The van der Waals surface area contributed by atoms with Crippen molar-refractivity contribution < 1.29 is 23.5 Å². The van der Waals surface area contributed by atoms with Crippen LogP contribution < -0.4 is 20.5 Å². The molecular formula is C25H27ClFN5O5. The monoisotopic (exact) mass is 531 g/mol. The van der Waals surface area contributed by atoms with Crippen molar-refractivity contribution in [2.45, 2.75) is 51.7 Å². The molecule has 0 saturated carbocycles. The lowest BCUT2D eigenvalue weighted by molar-refractivity contribution is -0.133. The van der Waals surface area contributed by atoms with Gasteiger partial charge in [0.25, 0.3) is 17.4 Å². The number of anilines is 1. The van der Waals surface area contributed by atoms with Gasteiger partial charge in [0.15, 0.2) is 11.7 Å². The molecule has 2 atom stereocenters. The largest absolute Gasteiger partial charge is 0.493 e. The quantitative estimate of drug-likeness (QED) is 0.560. The van der Waals surface area contributed by atoms with Gasteiger partial charge >= 0.3 is 0 Å². The Kier molecular flexibility index (Phi) is 6.65. The van der Waals surface area contributed by atoms with E-state index in [4.69, 9.17) is 16.3 Å². The predicted molar refractivity (Wildman–Crippen MR) is 133 cm³/mol. The summed E-state index contributed by atoms with van der Waals surface area (Å²) in [4.78, 5) is 56.9. The molecule has 37 heavy (non-hydrogen) atoms. The van der Waals surface area contributed by atoms with Gasteiger partial charge in [0.05, 0.1) is 23.9 Å². The van der Waals surface area contributed by atoms with Gasteiger partial charge < -0.3 is 19.9 Å². The van der Waals surface area contributed by atoms with Crippen molar-refractivity contribution in [3.05, 3.63) is 50.1 Å². The molecule has 0 spiro atoms. The average Bonchev–Trinajstić information content (AvgIpc) is 3.18. The maximum absolute atomic E-state index is 14.2. The maximum atomic E-state index is 14.2. The lowest BCUT2D eigenvalue weighted by Crippen LogP contribution is -2.61. The molecule has 4 heterocycles. The van der Waals surface area contributed by atoms with E-state index in [1.54, 1.807) is 9.80 Å². The first kappa shape index (κ1) is 25.2. The number of piperazine rings is 1. The number of ether oxygens (including phenoxy) is 1. The van der Waals surface area contributed by atoms with Crippen molar-refractivity contribution in [1.82, 2.24) is 20.0 Å². The summed E-state index contributed by atoms with van der Waals surface area (Å²) in [7, 11) is 0. The topological polar surface area (TPSA) is 114 Å². The number of fused-ring (bicyclic) bond motifs is 7. The molecule has 1 N–H and O–H groups in total. The van der Waals surface area contributed by atoms with E-state index in [2.05, 4.69) is 10.4 Å². The highest BCUT2D eigenvalue weighted by molar-refractivity contribution is 6.30. The first-order valence-corrected chi connectivity index (χ1v) is 12.8. The summed E-state index contributed by atoms with van der Waals surface area (Å²) < 4.78 is 21.0. The van der Waals surface area contributed by atoms with Gasteiger partial charge in [-0.15, -0.1) is 0 Å². The van der Waals surface area contributed by atoms with Crippen molar-refractivity contribution in [2.75, 3.05) is 31.1 Å². The highest BCUT2D eigenvalue weighted by Crippen LogP contribution is 2.38. The summed E-state index contributed by atoms with van der Waals surface area (Å²) in [6, 6.07) is 0.949. The molecule has 2 amide bonds. The molecule has 2 aromatic rings. The number of rotatable bonds is 1. The third-order valence-electron chi connectivity index (χ3n) is 7.05. The number of carbonyl (C=O) groups excluding carboxylic acids is 3. The molecule has 10 nitrogen and oxygen atoms in total. The zero-order chi connectivity index (χ0) is 26.4. The Balaban J connectivity index is 1.70. The molecular weight excluding hydrogens is 505 g/mol. The van der Waals surface area contributed by atoms with Gasteiger partial charge in [-0.25, -0.2) is 9.07 Å². The Labute approximate surface area is 217 Å². The van der Waals surface area contributed by atoms with Crippen LogP contribution in [0.5, 0.6) is 5.75 Å². The van der Waals surface area contributed by atoms with E-state index in [0.717, 1.165) is 17.2 Å². The van der Waals surface area contributed by atoms with Crippen LogP contribution >= 0.6 is 11.6 Å². The maximum Gasteiger partial charge on any atom is 0.280 e. The minimum Gasteiger partial charge on any atom is -0.493 e. The van der Waals surface area contributed by atoms with Crippen LogP contribution in [0.15, 0.2) is 16.9 Å². The van der Waals surface area contributed by atoms with Crippen molar-refractivity contribution >= 4 is 34.9 Å². The number of Topliss-reactive ketones (excluding diaryl/α,β-unsaturated/α-hetero) is 1. The first-order chi connectivity index (χ1) is 17.7. The SMILES string of the molecule is CCN1C[C@H](C)N2c3c4nn(c(=O)c3C(=O)C2C1=O)Cc1cc(Cl)c(F)cc1OCCCCCNC4=O. The van der Waals surface area contributed by atoms with Gasteiger partial charge in [0, 0.05) is 37.3 Å². The summed E-state index contributed by atoms with van der Waals surface area (Å²) in [6.45, 7) is 4.87. The third-order valence-corrected chi connectivity index (χ3v) is 7.34. The second kappa shape index (κ2) is 9.77. The van der Waals surface area contributed by atoms with Gasteiger partial charge in [0.2, 0.25) is 5.78 Å². The number of carbonyl (C=O) groups is 3. The molecule has 5 rings (SSSR count). The number of amides is 2. The van der Waals surface area contributed by atoms with E-state index >= 15 is 0 Å². The Hall–Kier alpha value is -3.47.